The molecule has 0 saturated carbocycles. The molecule has 1 aliphatic rings. The first-order chi connectivity index (χ1) is 12.3. The highest BCUT2D eigenvalue weighted by molar-refractivity contribution is 7.89. The molecule has 1 aliphatic heterocycles. The number of ether oxygens (including phenoxy) is 1. The number of anilines is 1. The van der Waals surface area contributed by atoms with Crippen LogP contribution in [0.3, 0.4) is 0 Å². The normalized spacial score (nSPS) is 17.8. The summed E-state index contributed by atoms with van der Waals surface area (Å²) in [5, 5.41) is 3.00. The summed E-state index contributed by atoms with van der Waals surface area (Å²) in [6, 6.07) is 6.21. The molecule has 1 atom stereocenters. The van der Waals surface area contributed by atoms with Crippen molar-refractivity contribution in [3.05, 3.63) is 41.7 Å². The van der Waals surface area contributed by atoms with E-state index in [0.717, 1.165) is 0 Å². The Morgan fingerprint density at radius 1 is 1.27 bits per heavy atom. The van der Waals surface area contributed by atoms with E-state index >= 15 is 0 Å². The quantitative estimate of drug-likeness (QED) is 0.828. The third kappa shape index (κ3) is 4.29. The fourth-order valence-electron chi connectivity index (χ4n) is 2.59. The maximum atomic E-state index is 12.7. The van der Waals surface area contributed by atoms with Crippen molar-refractivity contribution in [3.8, 4) is 6.01 Å². The monoisotopic (exact) mass is 396 g/mol. The Kier molecular flexibility index (Phi) is 5.40. The highest BCUT2D eigenvalue weighted by Crippen LogP contribution is 2.24. The Labute approximate surface area is 156 Å². The maximum Gasteiger partial charge on any atom is 0.316 e. The number of halogens is 1. The zero-order chi connectivity index (χ0) is 18.7. The first-order valence-corrected chi connectivity index (χ1v) is 9.68. The molecule has 0 radical (unpaired) electrons. The van der Waals surface area contributed by atoms with Gasteiger partial charge in [-0.25, -0.2) is 18.4 Å². The predicted molar refractivity (Wildman–Crippen MR) is 95.6 cm³/mol. The van der Waals surface area contributed by atoms with Crippen molar-refractivity contribution in [1.29, 1.82) is 0 Å². The van der Waals surface area contributed by atoms with Gasteiger partial charge >= 0.3 is 6.01 Å². The van der Waals surface area contributed by atoms with Crippen LogP contribution in [-0.2, 0) is 14.8 Å². The van der Waals surface area contributed by atoms with Crippen molar-refractivity contribution < 1.29 is 17.9 Å². The molecular weight excluding hydrogens is 380 g/mol. The highest BCUT2D eigenvalue weighted by atomic mass is 35.5. The molecule has 138 valence electrons. The van der Waals surface area contributed by atoms with Gasteiger partial charge in [0.2, 0.25) is 15.9 Å². The lowest BCUT2D eigenvalue weighted by Gasteiger charge is -2.17. The Bertz CT molecular complexity index is 887. The molecule has 1 aromatic carbocycles. The second-order valence-electron chi connectivity index (χ2n) is 5.78. The number of amides is 1. The van der Waals surface area contributed by atoms with Crippen LogP contribution in [-0.4, -0.2) is 47.8 Å². The molecule has 1 aromatic heterocycles. The van der Waals surface area contributed by atoms with E-state index in [1.165, 1.54) is 35.8 Å². The van der Waals surface area contributed by atoms with Gasteiger partial charge in [0.15, 0.2) is 0 Å². The average molecular weight is 397 g/mol. The van der Waals surface area contributed by atoms with E-state index in [-0.39, 0.29) is 29.5 Å². The van der Waals surface area contributed by atoms with Crippen LogP contribution in [0.4, 0.5) is 5.69 Å². The third-order valence-corrected chi connectivity index (χ3v) is 5.86. The number of rotatable bonds is 5. The largest absolute Gasteiger partial charge is 0.459 e. The summed E-state index contributed by atoms with van der Waals surface area (Å²) in [6.45, 7) is 1.94. The molecular formula is C16H17ClN4O4S. The molecule has 26 heavy (non-hydrogen) atoms. The summed E-state index contributed by atoms with van der Waals surface area (Å²) < 4.78 is 32.5. The number of nitrogens with one attached hydrogen (secondary N) is 1. The van der Waals surface area contributed by atoms with Gasteiger partial charge in [-0.3, -0.25) is 4.79 Å². The molecule has 10 heteroatoms. The van der Waals surface area contributed by atoms with Crippen LogP contribution in [0.1, 0.15) is 13.3 Å². The first-order valence-electron chi connectivity index (χ1n) is 7.86. The summed E-state index contributed by atoms with van der Waals surface area (Å²) in [5.74, 6) is -0.218. The van der Waals surface area contributed by atoms with E-state index < -0.39 is 10.0 Å². The molecule has 3 rings (SSSR count). The minimum absolute atomic E-state index is 0.162. The second-order valence-corrected chi connectivity index (χ2v) is 8.16. The molecule has 1 amide bonds. The van der Waals surface area contributed by atoms with Crippen LogP contribution < -0.4 is 10.1 Å². The minimum atomic E-state index is -3.64. The van der Waals surface area contributed by atoms with Gasteiger partial charge in [0.1, 0.15) is 6.10 Å². The number of sulfonamides is 1. The number of carbonyl (C=O) groups is 1. The van der Waals surface area contributed by atoms with Crippen LogP contribution in [0.5, 0.6) is 6.01 Å². The average Bonchev–Trinajstić information content (AvgIpc) is 3.06. The van der Waals surface area contributed by atoms with Crippen molar-refractivity contribution in [2.45, 2.75) is 24.3 Å². The van der Waals surface area contributed by atoms with Crippen LogP contribution in [0.15, 0.2) is 41.6 Å². The maximum absolute atomic E-state index is 12.7. The van der Waals surface area contributed by atoms with E-state index in [2.05, 4.69) is 15.3 Å². The SMILES string of the molecule is CC(=O)Nc1ccc(S(=O)(=O)N2CC[C@H](Oc3ncc(Cl)cn3)C2)cc1. The Balaban J connectivity index is 1.66. The van der Waals surface area contributed by atoms with Gasteiger partial charge in [-0.15, -0.1) is 0 Å². The lowest BCUT2D eigenvalue weighted by atomic mass is 10.3. The summed E-state index contributed by atoms with van der Waals surface area (Å²) in [7, 11) is -3.64. The van der Waals surface area contributed by atoms with Crippen molar-refractivity contribution in [2.75, 3.05) is 18.4 Å². The fourth-order valence-corrected chi connectivity index (χ4v) is 4.17. The zero-order valence-electron chi connectivity index (χ0n) is 13.9. The molecule has 0 unspecified atom stereocenters. The molecule has 8 nitrogen and oxygen atoms in total. The molecule has 1 saturated heterocycles. The lowest BCUT2D eigenvalue weighted by Crippen LogP contribution is -2.31. The van der Waals surface area contributed by atoms with E-state index in [1.807, 2.05) is 0 Å². The van der Waals surface area contributed by atoms with Crippen molar-refractivity contribution in [1.82, 2.24) is 14.3 Å². The Morgan fingerprint density at radius 2 is 1.92 bits per heavy atom. The lowest BCUT2D eigenvalue weighted by molar-refractivity contribution is -0.114. The number of hydrogen-bond acceptors (Lipinski definition) is 6. The van der Waals surface area contributed by atoms with E-state index in [0.29, 0.717) is 23.7 Å². The van der Waals surface area contributed by atoms with Crippen molar-refractivity contribution in [2.24, 2.45) is 0 Å². The van der Waals surface area contributed by atoms with Gasteiger partial charge in [-0.2, -0.15) is 4.31 Å². The van der Waals surface area contributed by atoms with Gasteiger partial charge < -0.3 is 10.1 Å². The molecule has 0 spiro atoms. The zero-order valence-corrected chi connectivity index (χ0v) is 15.5. The van der Waals surface area contributed by atoms with Gasteiger partial charge in [-0.05, 0) is 30.7 Å². The summed E-state index contributed by atoms with van der Waals surface area (Å²) in [5.41, 5.74) is 0.541. The smallest absolute Gasteiger partial charge is 0.316 e. The summed E-state index contributed by atoms with van der Waals surface area (Å²) in [6.07, 6.45) is 3.05. The topological polar surface area (TPSA) is 101 Å². The number of nitrogens with zero attached hydrogens (tertiary/aromatic N) is 3. The summed E-state index contributed by atoms with van der Waals surface area (Å²) >= 11 is 5.73. The first kappa shape index (κ1) is 18.6. The molecule has 0 aliphatic carbocycles. The van der Waals surface area contributed by atoms with Gasteiger partial charge in [0, 0.05) is 19.2 Å². The minimum Gasteiger partial charge on any atom is -0.459 e. The molecule has 1 fully saturated rings. The fraction of sp³-hybridized carbons (Fsp3) is 0.312. The standard InChI is InChI=1S/C16H17ClN4O4S/c1-11(22)20-13-2-4-15(5-3-13)26(23,24)21-7-6-14(10-21)25-16-18-8-12(17)9-19-16/h2-5,8-9,14H,6-7,10H2,1H3,(H,20,22)/t14-/m0/s1. The van der Waals surface area contributed by atoms with Gasteiger partial charge in [-0.1, -0.05) is 11.6 Å². The Hall–Kier alpha value is -2.23. The summed E-state index contributed by atoms with van der Waals surface area (Å²) in [4.78, 5) is 19.1. The van der Waals surface area contributed by atoms with Crippen LogP contribution in [0, 0.1) is 0 Å². The van der Waals surface area contributed by atoms with Crippen LogP contribution >= 0.6 is 11.6 Å². The second kappa shape index (κ2) is 7.56. The van der Waals surface area contributed by atoms with Crippen LogP contribution in [0.25, 0.3) is 0 Å². The molecule has 2 heterocycles. The number of hydrogen-bond donors (Lipinski definition) is 1. The van der Waals surface area contributed by atoms with Crippen molar-refractivity contribution in [3.63, 3.8) is 0 Å². The number of carbonyl (C=O) groups excluding carboxylic acids is 1. The Morgan fingerprint density at radius 3 is 2.54 bits per heavy atom. The van der Waals surface area contributed by atoms with E-state index in [9.17, 15) is 13.2 Å². The number of benzene rings is 1. The van der Waals surface area contributed by atoms with Crippen LogP contribution in [0.2, 0.25) is 5.02 Å². The number of aromatic nitrogens is 2. The molecule has 2 aromatic rings. The van der Waals surface area contributed by atoms with Crippen molar-refractivity contribution >= 4 is 33.2 Å². The third-order valence-electron chi connectivity index (χ3n) is 3.79. The molecule has 0 bridgehead atoms. The van der Waals surface area contributed by atoms with Gasteiger partial charge in [0.05, 0.1) is 28.9 Å². The highest BCUT2D eigenvalue weighted by Gasteiger charge is 2.34. The van der Waals surface area contributed by atoms with E-state index in [4.69, 9.17) is 16.3 Å². The van der Waals surface area contributed by atoms with E-state index in [1.54, 1.807) is 12.1 Å². The molecule has 1 N–H and O–H groups in total. The van der Waals surface area contributed by atoms with Gasteiger partial charge in [0.25, 0.3) is 0 Å². The predicted octanol–water partition coefficient (Wildman–Crippen LogP) is 1.93.